The first-order chi connectivity index (χ1) is 16.5. The molecule has 0 unspecified atom stereocenters. The average Bonchev–Trinajstić information content (AvgIpc) is 2.85. The molecule has 0 aliphatic rings. The zero-order chi connectivity index (χ0) is 23.9. The SMILES string of the molecule is COc1cc(/C=N\NC(=O)Cc2cccc3ccccc23)ccc1OC(=O)c1cccc(F)c1. The van der Waals surface area contributed by atoms with Crippen molar-refractivity contribution in [2.45, 2.75) is 6.42 Å². The van der Waals surface area contributed by atoms with E-state index in [-0.39, 0.29) is 29.4 Å². The lowest BCUT2D eigenvalue weighted by atomic mass is 10.0. The van der Waals surface area contributed by atoms with E-state index in [1.807, 2.05) is 42.5 Å². The summed E-state index contributed by atoms with van der Waals surface area (Å²) < 4.78 is 24.0. The number of nitrogens with one attached hydrogen (secondary N) is 1. The number of carbonyl (C=O) groups is 2. The van der Waals surface area contributed by atoms with Crippen LogP contribution in [-0.4, -0.2) is 25.2 Å². The lowest BCUT2D eigenvalue weighted by Gasteiger charge is -2.10. The van der Waals surface area contributed by atoms with Gasteiger partial charge in [0.1, 0.15) is 5.82 Å². The number of halogens is 1. The number of rotatable bonds is 7. The molecule has 1 N–H and O–H groups in total. The molecule has 0 aliphatic carbocycles. The fraction of sp³-hybridized carbons (Fsp3) is 0.0741. The summed E-state index contributed by atoms with van der Waals surface area (Å²) in [6.07, 6.45) is 1.65. The number of hydrogen-bond donors (Lipinski definition) is 1. The number of fused-ring (bicyclic) bond motifs is 1. The second-order valence-corrected chi connectivity index (χ2v) is 7.42. The first-order valence-electron chi connectivity index (χ1n) is 10.5. The predicted octanol–water partition coefficient (Wildman–Crippen LogP) is 4.90. The number of amides is 1. The number of ether oxygens (including phenoxy) is 2. The van der Waals surface area contributed by atoms with Crippen molar-refractivity contribution in [3.05, 3.63) is 107 Å². The van der Waals surface area contributed by atoms with E-state index in [1.165, 1.54) is 37.6 Å². The molecule has 1 amide bonds. The Balaban J connectivity index is 1.40. The zero-order valence-electron chi connectivity index (χ0n) is 18.3. The summed E-state index contributed by atoms with van der Waals surface area (Å²) >= 11 is 0. The number of nitrogens with zero attached hydrogens (tertiary/aromatic N) is 1. The lowest BCUT2D eigenvalue weighted by Crippen LogP contribution is -2.19. The number of benzene rings is 4. The Hall–Kier alpha value is -4.52. The molecule has 34 heavy (non-hydrogen) atoms. The van der Waals surface area contributed by atoms with Gasteiger partial charge < -0.3 is 9.47 Å². The maximum absolute atomic E-state index is 13.4. The summed E-state index contributed by atoms with van der Waals surface area (Å²) in [7, 11) is 1.43. The molecule has 0 aromatic heterocycles. The Bertz CT molecular complexity index is 1380. The second kappa shape index (κ2) is 10.4. The Morgan fingerprint density at radius 1 is 0.941 bits per heavy atom. The van der Waals surface area contributed by atoms with Crippen molar-refractivity contribution in [3.63, 3.8) is 0 Å². The van der Waals surface area contributed by atoms with Gasteiger partial charge in [-0.2, -0.15) is 5.10 Å². The van der Waals surface area contributed by atoms with E-state index in [0.717, 1.165) is 22.4 Å². The first kappa shape index (κ1) is 22.7. The molecule has 4 rings (SSSR count). The molecule has 0 heterocycles. The van der Waals surface area contributed by atoms with E-state index in [2.05, 4.69) is 10.5 Å². The number of hydrogen-bond acceptors (Lipinski definition) is 5. The molecule has 0 spiro atoms. The van der Waals surface area contributed by atoms with E-state index >= 15 is 0 Å². The van der Waals surface area contributed by atoms with Crippen molar-refractivity contribution in [3.8, 4) is 11.5 Å². The minimum absolute atomic E-state index is 0.0848. The standard InChI is InChI=1S/C27H21FN2O4/c1-33-25-14-18(12-13-24(25)34-27(32)21-9-5-10-22(28)15-21)17-29-30-26(31)16-20-8-4-7-19-6-2-3-11-23(19)20/h2-15,17H,16H2,1H3,(H,30,31)/b29-17-. The summed E-state index contributed by atoms with van der Waals surface area (Å²) in [6.45, 7) is 0. The van der Waals surface area contributed by atoms with Gasteiger partial charge >= 0.3 is 5.97 Å². The summed E-state index contributed by atoms with van der Waals surface area (Å²) in [5.74, 6) is -1.03. The third kappa shape index (κ3) is 5.45. The van der Waals surface area contributed by atoms with Crippen molar-refractivity contribution < 1.29 is 23.5 Å². The molecule has 0 saturated heterocycles. The highest BCUT2D eigenvalue weighted by atomic mass is 19.1. The van der Waals surface area contributed by atoms with Crippen LogP contribution in [0.3, 0.4) is 0 Å². The van der Waals surface area contributed by atoms with Crippen LogP contribution in [0.15, 0.2) is 90.0 Å². The van der Waals surface area contributed by atoms with E-state index in [4.69, 9.17) is 9.47 Å². The Kier molecular flexibility index (Phi) is 6.93. The van der Waals surface area contributed by atoms with Crippen molar-refractivity contribution in [1.29, 1.82) is 0 Å². The van der Waals surface area contributed by atoms with E-state index < -0.39 is 11.8 Å². The highest BCUT2D eigenvalue weighted by molar-refractivity contribution is 5.92. The van der Waals surface area contributed by atoms with Crippen molar-refractivity contribution >= 4 is 28.9 Å². The zero-order valence-corrected chi connectivity index (χ0v) is 18.3. The maximum Gasteiger partial charge on any atom is 0.343 e. The summed E-state index contributed by atoms with van der Waals surface area (Å²) in [5.41, 5.74) is 4.14. The molecule has 6 nitrogen and oxygen atoms in total. The van der Waals surface area contributed by atoms with Gasteiger partial charge in [-0.05, 0) is 58.3 Å². The van der Waals surface area contributed by atoms with Crippen LogP contribution in [0, 0.1) is 5.82 Å². The van der Waals surface area contributed by atoms with Crippen LogP contribution < -0.4 is 14.9 Å². The van der Waals surface area contributed by atoms with E-state index in [0.29, 0.717) is 5.56 Å². The van der Waals surface area contributed by atoms with Crippen LogP contribution in [0.2, 0.25) is 0 Å². The second-order valence-electron chi connectivity index (χ2n) is 7.42. The molecule has 4 aromatic carbocycles. The van der Waals surface area contributed by atoms with Crippen LogP contribution in [0.1, 0.15) is 21.5 Å². The smallest absolute Gasteiger partial charge is 0.343 e. The predicted molar refractivity (Wildman–Crippen MR) is 128 cm³/mol. The number of hydrazone groups is 1. The maximum atomic E-state index is 13.4. The van der Waals surface area contributed by atoms with Crippen molar-refractivity contribution in [2.24, 2.45) is 5.10 Å². The normalized spacial score (nSPS) is 10.9. The fourth-order valence-corrected chi connectivity index (χ4v) is 3.46. The van der Waals surface area contributed by atoms with Gasteiger partial charge in [0.15, 0.2) is 11.5 Å². The number of methoxy groups -OCH3 is 1. The summed E-state index contributed by atoms with van der Waals surface area (Å²) in [4.78, 5) is 24.6. The van der Waals surface area contributed by atoms with Gasteiger partial charge in [0.25, 0.3) is 0 Å². The van der Waals surface area contributed by atoms with Gasteiger partial charge in [-0.3, -0.25) is 4.79 Å². The van der Waals surface area contributed by atoms with Gasteiger partial charge in [0.05, 0.1) is 25.3 Å². The average molecular weight is 456 g/mol. The lowest BCUT2D eigenvalue weighted by molar-refractivity contribution is -0.120. The number of esters is 1. The van der Waals surface area contributed by atoms with E-state index in [1.54, 1.807) is 12.1 Å². The molecule has 7 heteroatoms. The quantitative estimate of drug-likeness (QED) is 0.186. The fourth-order valence-electron chi connectivity index (χ4n) is 3.46. The minimum Gasteiger partial charge on any atom is -0.493 e. The summed E-state index contributed by atoms with van der Waals surface area (Å²) in [6, 6.07) is 23.7. The van der Waals surface area contributed by atoms with Crippen LogP contribution >= 0.6 is 0 Å². The topological polar surface area (TPSA) is 77.0 Å². The summed E-state index contributed by atoms with van der Waals surface area (Å²) in [5, 5.41) is 6.11. The Morgan fingerprint density at radius 3 is 2.56 bits per heavy atom. The van der Waals surface area contributed by atoms with Gasteiger partial charge in [-0.15, -0.1) is 0 Å². The molecular weight excluding hydrogens is 435 g/mol. The first-order valence-corrected chi connectivity index (χ1v) is 10.5. The molecule has 0 fully saturated rings. The molecule has 0 radical (unpaired) electrons. The molecular formula is C27H21FN2O4. The van der Waals surface area contributed by atoms with Gasteiger partial charge in [-0.25, -0.2) is 14.6 Å². The molecule has 0 atom stereocenters. The largest absolute Gasteiger partial charge is 0.493 e. The molecule has 4 aromatic rings. The third-order valence-electron chi connectivity index (χ3n) is 5.08. The van der Waals surface area contributed by atoms with Crippen LogP contribution in [-0.2, 0) is 11.2 Å². The van der Waals surface area contributed by atoms with Gasteiger partial charge in [0.2, 0.25) is 5.91 Å². The number of carbonyl (C=O) groups excluding carboxylic acids is 2. The van der Waals surface area contributed by atoms with Crippen molar-refractivity contribution in [1.82, 2.24) is 5.43 Å². The monoisotopic (exact) mass is 456 g/mol. The Labute approximate surface area is 195 Å². The van der Waals surface area contributed by atoms with Gasteiger partial charge in [0, 0.05) is 0 Å². The van der Waals surface area contributed by atoms with Crippen LogP contribution in [0.5, 0.6) is 11.5 Å². The van der Waals surface area contributed by atoms with Crippen LogP contribution in [0.25, 0.3) is 10.8 Å². The highest BCUT2D eigenvalue weighted by Crippen LogP contribution is 2.28. The third-order valence-corrected chi connectivity index (χ3v) is 5.08. The molecule has 0 aliphatic heterocycles. The Morgan fingerprint density at radius 2 is 1.74 bits per heavy atom. The van der Waals surface area contributed by atoms with Crippen LogP contribution in [0.4, 0.5) is 4.39 Å². The van der Waals surface area contributed by atoms with Crippen molar-refractivity contribution in [2.75, 3.05) is 7.11 Å². The molecule has 0 bridgehead atoms. The van der Waals surface area contributed by atoms with E-state index in [9.17, 15) is 14.0 Å². The molecule has 0 saturated carbocycles. The highest BCUT2D eigenvalue weighted by Gasteiger charge is 2.13. The molecule has 170 valence electrons. The minimum atomic E-state index is -0.708. The van der Waals surface area contributed by atoms with Gasteiger partial charge in [-0.1, -0.05) is 48.5 Å².